The molecule has 0 unspecified atom stereocenters. The molecule has 0 aromatic heterocycles. The smallest absolute Gasteiger partial charge is 0.350 e. The monoisotopic (exact) mass is 339 g/mol. The van der Waals surface area contributed by atoms with Gasteiger partial charge in [0.05, 0.1) is 17.7 Å². The number of hydrogen-bond donors (Lipinski definition) is 1. The number of anilines is 1. The molecular formula is C15H14ClNO6. The lowest BCUT2D eigenvalue weighted by molar-refractivity contribution is -0.222. The molecule has 1 aliphatic rings. The zero-order valence-corrected chi connectivity index (χ0v) is 13.4. The lowest BCUT2D eigenvalue weighted by Gasteiger charge is -2.29. The van der Waals surface area contributed by atoms with Gasteiger partial charge in [0, 0.05) is 25.7 Å². The van der Waals surface area contributed by atoms with Gasteiger partial charge in [-0.1, -0.05) is 11.6 Å². The maximum absolute atomic E-state index is 11.8. The fourth-order valence-corrected chi connectivity index (χ4v) is 2.07. The first-order valence-corrected chi connectivity index (χ1v) is 6.92. The first-order valence-electron chi connectivity index (χ1n) is 6.55. The van der Waals surface area contributed by atoms with Crippen LogP contribution >= 0.6 is 11.6 Å². The van der Waals surface area contributed by atoms with Gasteiger partial charge in [0.2, 0.25) is 0 Å². The molecule has 0 saturated carbocycles. The number of carbonyl (C=O) groups is 3. The highest BCUT2D eigenvalue weighted by Gasteiger charge is 2.38. The molecule has 0 radical (unpaired) electrons. The van der Waals surface area contributed by atoms with Crippen molar-refractivity contribution in [1.29, 1.82) is 0 Å². The average Bonchev–Trinajstić information content (AvgIpc) is 2.44. The van der Waals surface area contributed by atoms with Gasteiger partial charge in [-0.05, 0) is 18.2 Å². The number of hydrogen-bond acceptors (Lipinski definition) is 7. The number of halogens is 1. The van der Waals surface area contributed by atoms with E-state index in [-0.39, 0.29) is 16.2 Å². The van der Waals surface area contributed by atoms with Crippen LogP contribution in [-0.4, -0.2) is 30.8 Å². The number of methoxy groups -OCH3 is 1. The Bertz CT molecular complexity index is 688. The number of ether oxygens (including phenoxy) is 3. The topological polar surface area (TPSA) is 90.9 Å². The number of cyclic esters (lactones) is 2. The van der Waals surface area contributed by atoms with Crippen molar-refractivity contribution in [3.05, 3.63) is 40.6 Å². The third-order valence-electron chi connectivity index (χ3n) is 2.87. The van der Waals surface area contributed by atoms with E-state index >= 15 is 0 Å². The lowest BCUT2D eigenvalue weighted by atomic mass is 10.2. The van der Waals surface area contributed by atoms with E-state index in [1.54, 1.807) is 6.07 Å². The lowest BCUT2D eigenvalue weighted by Crippen LogP contribution is -2.42. The molecule has 23 heavy (non-hydrogen) atoms. The summed E-state index contributed by atoms with van der Waals surface area (Å²) >= 11 is 5.97. The van der Waals surface area contributed by atoms with Gasteiger partial charge < -0.3 is 19.5 Å². The van der Waals surface area contributed by atoms with E-state index in [1.807, 2.05) is 0 Å². The fourth-order valence-electron chi connectivity index (χ4n) is 1.81. The largest absolute Gasteiger partial charge is 0.465 e. The zero-order chi connectivity index (χ0) is 17.2. The van der Waals surface area contributed by atoms with Gasteiger partial charge >= 0.3 is 17.9 Å². The number of carbonyl (C=O) groups excluding carboxylic acids is 3. The van der Waals surface area contributed by atoms with E-state index in [1.165, 1.54) is 33.1 Å². The second kappa shape index (κ2) is 6.29. The molecule has 0 atom stereocenters. The van der Waals surface area contributed by atoms with Crippen molar-refractivity contribution in [3.63, 3.8) is 0 Å². The minimum atomic E-state index is -1.29. The van der Waals surface area contributed by atoms with Crippen molar-refractivity contribution in [2.75, 3.05) is 12.4 Å². The molecule has 7 nitrogen and oxygen atoms in total. The Kier molecular flexibility index (Phi) is 4.60. The first-order chi connectivity index (χ1) is 10.7. The molecule has 1 N–H and O–H groups in total. The first kappa shape index (κ1) is 16.8. The van der Waals surface area contributed by atoms with Crippen molar-refractivity contribution in [2.24, 2.45) is 0 Å². The molecular weight excluding hydrogens is 326 g/mol. The Labute approximate surface area is 137 Å². The van der Waals surface area contributed by atoms with E-state index in [4.69, 9.17) is 21.1 Å². The summed E-state index contributed by atoms with van der Waals surface area (Å²) in [5, 5.41) is 2.89. The van der Waals surface area contributed by atoms with Gasteiger partial charge in [0.15, 0.2) is 5.57 Å². The van der Waals surface area contributed by atoms with Crippen LogP contribution in [0, 0.1) is 0 Å². The summed E-state index contributed by atoms with van der Waals surface area (Å²) in [6.07, 6.45) is 1.16. The van der Waals surface area contributed by atoms with Crippen LogP contribution < -0.4 is 5.32 Å². The quantitative estimate of drug-likeness (QED) is 0.513. The SMILES string of the molecule is COC(=O)c1ccc(NC=C2C(=O)OC(C)(C)OC2=O)cc1Cl. The third kappa shape index (κ3) is 3.81. The normalized spacial score (nSPS) is 16.3. The molecule has 0 spiro atoms. The van der Waals surface area contributed by atoms with Crippen LogP contribution in [0.1, 0.15) is 24.2 Å². The van der Waals surface area contributed by atoms with E-state index in [2.05, 4.69) is 10.1 Å². The summed E-state index contributed by atoms with van der Waals surface area (Å²) in [5.74, 6) is -3.45. The summed E-state index contributed by atoms with van der Waals surface area (Å²) in [5.41, 5.74) is 0.378. The average molecular weight is 340 g/mol. The number of rotatable bonds is 3. The molecule has 1 aliphatic heterocycles. The number of benzene rings is 1. The summed E-state index contributed by atoms with van der Waals surface area (Å²) < 4.78 is 14.5. The highest BCUT2D eigenvalue weighted by Crippen LogP contribution is 2.24. The van der Waals surface area contributed by atoms with Crippen molar-refractivity contribution < 1.29 is 28.6 Å². The van der Waals surface area contributed by atoms with Gasteiger partial charge in [0.1, 0.15) is 0 Å². The van der Waals surface area contributed by atoms with Crippen LogP contribution in [0.3, 0.4) is 0 Å². The zero-order valence-electron chi connectivity index (χ0n) is 12.6. The predicted octanol–water partition coefficient (Wildman–Crippen LogP) is 2.26. The highest BCUT2D eigenvalue weighted by molar-refractivity contribution is 6.33. The molecule has 0 bridgehead atoms. The minimum absolute atomic E-state index is 0.162. The molecule has 1 fully saturated rings. The summed E-state index contributed by atoms with van der Waals surface area (Å²) in [6, 6.07) is 4.45. The van der Waals surface area contributed by atoms with Gasteiger partial charge in [-0.25, -0.2) is 14.4 Å². The maximum Gasteiger partial charge on any atom is 0.350 e. The van der Waals surface area contributed by atoms with Gasteiger partial charge in [0.25, 0.3) is 5.79 Å². The van der Waals surface area contributed by atoms with Crippen molar-refractivity contribution >= 4 is 35.2 Å². The summed E-state index contributed by atoms with van der Waals surface area (Å²) in [6.45, 7) is 2.91. The summed E-state index contributed by atoms with van der Waals surface area (Å²) in [4.78, 5) is 35.0. The second-order valence-corrected chi connectivity index (χ2v) is 5.47. The molecule has 8 heteroatoms. The Morgan fingerprint density at radius 1 is 1.26 bits per heavy atom. The Morgan fingerprint density at radius 2 is 1.87 bits per heavy atom. The molecule has 2 rings (SSSR count). The Morgan fingerprint density at radius 3 is 2.39 bits per heavy atom. The Balaban J connectivity index is 2.17. The van der Waals surface area contributed by atoms with Gasteiger partial charge in [-0.2, -0.15) is 0 Å². The molecule has 0 aliphatic carbocycles. The second-order valence-electron chi connectivity index (χ2n) is 5.07. The molecule has 1 saturated heterocycles. The highest BCUT2D eigenvalue weighted by atomic mass is 35.5. The summed E-state index contributed by atoms with van der Waals surface area (Å²) in [7, 11) is 1.25. The van der Waals surface area contributed by atoms with Crippen LogP contribution in [0.15, 0.2) is 30.0 Å². The molecule has 1 heterocycles. The van der Waals surface area contributed by atoms with E-state index in [9.17, 15) is 14.4 Å². The van der Waals surface area contributed by atoms with Gasteiger partial charge in [-0.15, -0.1) is 0 Å². The molecule has 122 valence electrons. The van der Waals surface area contributed by atoms with Crippen molar-refractivity contribution in [3.8, 4) is 0 Å². The van der Waals surface area contributed by atoms with E-state index in [0.29, 0.717) is 5.69 Å². The van der Waals surface area contributed by atoms with Crippen LogP contribution in [0.25, 0.3) is 0 Å². The third-order valence-corrected chi connectivity index (χ3v) is 3.19. The number of esters is 3. The van der Waals surface area contributed by atoms with Crippen molar-refractivity contribution in [2.45, 2.75) is 19.6 Å². The van der Waals surface area contributed by atoms with Crippen LogP contribution in [-0.2, 0) is 23.8 Å². The Hall–Kier alpha value is -2.54. The van der Waals surface area contributed by atoms with E-state index < -0.39 is 23.7 Å². The molecule has 1 aromatic rings. The standard InChI is InChI=1S/C15H14ClNO6/c1-15(2)22-13(19)10(14(20)23-15)7-17-8-4-5-9(11(16)6-8)12(18)21-3/h4-7,17H,1-3H3. The van der Waals surface area contributed by atoms with Crippen molar-refractivity contribution in [1.82, 2.24) is 0 Å². The predicted molar refractivity (Wildman–Crippen MR) is 80.8 cm³/mol. The molecule has 1 aromatic carbocycles. The number of nitrogens with one attached hydrogen (secondary N) is 1. The van der Waals surface area contributed by atoms with Crippen LogP contribution in [0.5, 0.6) is 0 Å². The minimum Gasteiger partial charge on any atom is -0.465 e. The van der Waals surface area contributed by atoms with Crippen LogP contribution in [0.2, 0.25) is 5.02 Å². The van der Waals surface area contributed by atoms with Gasteiger partial charge in [-0.3, -0.25) is 0 Å². The van der Waals surface area contributed by atoms with Crippen LogP contribution in [0.4, 0.5) is 5.69 Å². The fraction of sp³-hybridized carbons (Fsp3) is 0.267. The maximum atomic E-state index is 11.8. The molecule has 0 amide bonds. The van der Waals surface area contributed by atoms with E-state index in [0.717, 1.165) is 6.20 Å².